The molecule has 0 spiro atoms. The van der Waals surface area contributed by atoms with Gasteiger partial charge in [0.2, 0.25) is 0 Å². The Hall–Kier alpha value is -4.29. The zero-order chi connectivity index (χ0) is 30.7. The van der Waals surface area contributed by atoms with Crippen LogP contribution in [0.4, 0.5) is 19.3 Å². The van der Waals surface area contributed by atoms with Crippen molar-refractivity contribution in [2.75, 3.05) is 24.4 Å². The highest BCUT2D eigenvalue weighted by Gasteiger charge is 2.32. The molecule has 1 amide bonds. The molecule has 0 radical (unpaired) electrons. The maximum atomic E-state index is 14.8. The van der Waals surface area contributed by atoms with Crippen LogP contribution in [0.1, 0.15) is 39.2 Å². The Morgan fingerprint density at radius 1 is 1.26 bits per heavy atom. The number of nitrogens with one attached hydrogen (secondary N) is 2. The van der Waals surface area contributed by atoms with Crippen LogP contribution < -0.4 is 20.3 Å². The number of aromatic nitrogens is 2. The number of anilines is 1. The summed E-state index contributed by atoms with van der Waals surface area (Å²) in [5, 5.41) is 12.5. The van der Waals surface area contributed by atoms with Crippen molar-refractivity contribution in [3.05, 3.63) is 58.4 Å². The second-order valence-corrected chi connectivity index (χ2v) is 12.2. The number of alkyl carbamates (subject to hydrolysis) is 1. The van der Waals surface area contributed by atoms with Crippen LogP contribution in [-0.4, -0.2) is 59.8 Å². The molecule has 1 atom stereocenters. The lowest BCUT2D eigenvalue weighted by atomic mass is 10.1. The van der Waals surface area contributed by atoms with Gasteiger partial charge in [0.15, 0.2) is 11.6 Å². The third kappa shape index (κ3) is 7.31. The highest BCUT2D eigenvalue weighted by Crippen LogP contribution is 2.34. The Morgan fingerprint density at radius 3 is 2.69 bits per heavy atom. The van der Waals surface area contributed by atoms with E-state index < -0.39 is 50.8 Å². The van der Waals surface area contributed by atoms with Crippen molar-refractivity contribution in [3.63, 3.8) is 0 Å². The molecule has 0 aliphatic carbocycles. The molecule has 15 heteroatoms. The van der Waals surface area contributed by atoms with Crippen LogP contribution in [0.15, 0.2) is 41.5 Å². The van der Waals surface area contributed by atoms with Crippen LogP contribution in [-0.2, 0) is 21.5 Å². The molecule has 224 valence electrons. The highest BCUT2D eigenvalue weighted by atomic mass is 32.2. The van der Waals surface area contributed by atoms with Crippen LogP contribution in [0.3, 0.4) is 0 Å². The number of carbonyl (C=O) groups excluding carboxylic acids is 1. The minimum Gasteiger partial charge on any atom is -0.453 e. The lowest BCUT2D eigenvalue weighted by Gasteiger charge is -2.19. The predicted molar refractivity (Wildman–Crippen MR) is 150 cm³/mol. The van der Waals surface area contributed by atoms with Gasteiger partial charge in [-0.2, -0.15) is 18.0 Å². The second kappa shape index (κ2) is 12.3. The number of hydrogen-bond acceptors (Lipinski definition) is 8. The molecule has 1 aromatic heterocycles. The van der Waals surface area contributed by atoms with Gasteiger partial charge in [0.05, 0.1) is 22.9 Å². The Kier molecular flexibility index (Phi) is 8.97. The molecule has 42 heavy (non-hydrogen) atoms. The molecule has 2 heterocycles. The summed E-state index contributed by atoms with van der Waals surface area (Å²) in [5.74, 6) is -1.50. The maximum absolute atomic E-state index is 14.8. The van der Waals surface area contributed by atoms with Gasteiger partial charge in [0.1, 0.15) is 29.2 Å². The van der Waals surface area contributed by atoms with Crippen LogP contribution in [0.2, 0.25) is 0 Å². The van der Waals surface area contributed by atoms with Crippen molar-refractivity contribution in [2.24, 2.45) is 0 Å². The molecule has 12 nitrogen and oxygen atoms in total. The maximum Gasteiger partial charge on any atom is 0.407 e. The summed E-state index contributed by atoms with van der Waals surface area (Å²) >= 11 is 0. The normalized spacial score (nSPS) is 15.8. The molecule has 1 aliphatic heterocycles. The van der Waals surface area contributed by atoms with Crippen molar-refractivity contribution >= 4 is 32.9 Å². The number of aryl methyl sites for hydroxylation is 1. The minimum atomic E-state index is -4.21. The van der Waals surface area contributed by atoms with E-state index in [0.717, 1.165) is 16.4 Å². The fourth-order valence-corrected chi connectivity index (χ4v) is 5.48. The van der Waals surface area contributed by atoms with E-state index >= 15 is 0 Å². The van der Waals surface area contributed by atoms with Crippen molar-refractivity contribution in [2.45, 2.75) is 51.9 Å². The molecule has 1 aliphatic rings. The van der Waals surface area contributed by atoms with Gasteiger partial charge in [0, 0.05) is 26.2 Å². The van der Waals surface area contributed by atoms with E-state index in [-0.39, 0.29) is 49.4 Å². The van der Waals surface area contributed by atoms with E-state index in [0.29, 0.717) is 11.9 Å². The van der Waals surface area contributed by atoms with E-state index in [1.807, 2.05) is 0 Å². The van der Waals surface area contributed by atoms with Crippen molar-refractivity contribution in [1.82, 2.24) is 19.2 Å². The van der Waals surface area contributed by atoms with E-state index in [1.54, 1.807) is 26.8 Å². The molecule has 0 unspecified atom stereocenters. The first-order valence-corrected chi connectivity index (χ1v) is 14.5. The van der Waals surface area contributed by atoms with E-state index in [1.165, 1.54) is 29.1 Å². The second-order valence-electron chi connectivity index (χ2n) is 10.6. The monoisotopic (exact) mass is 604 g/mol. The number of halogens is 2. The van der Waals surface area contributed by atoms with Gasteiger partial charge < -0.3 is 14.8 Å². The van der Waals surface area contributed by atoms with Crippen LogP contribution in [0, 0.1) is 17.1 Å². The van der Waals surface area contributed by atoms with Gasteiger partial charge in [-0.15, -0.1) is 0 Å². The summed E-state index contributed by atoms with van der Waals surface area (Å²) in [7, 11) is -4.21. The van der Waals surface area contributed by atoms with Gasteiger partial charge in [-0.05, 0) is 63.9 Å². The number of ether oxygens (including phenoxy) is 2. The van der Waals surface area contributed by atoms with Gasteiger partial charge in [-0.3, -0.25) is 14.1 Å². The Bertz CT molecular complexity index is 1700. The standard InChI is InChI=1S/C27H30F2N6O6S/c1-27(2,3)41-26(37)31-10-4-11-34-16-32-22-7-5-18(13-19(22)25(34)36)40-24-20(14-30)23(8-6-21(24)29)33-42(38,39)35-12-9-17(28)15-35/h5-8,13,16-17,33H,4,9-12,15H2,1-3H3,(H,31,37)/t17-/m1/s1. The molecule has 2 N–H and O–H groups in total. The van der Waals surface area contributed by atoms with E-state index in [4.69, 9.17) is 9.47 Å². The topological polar surface area (TPSA) is 156 Å². The Morgan fingerprint density at radius 2 is 2.02 bits per heavy atom. The zero-order valence-corrected chi connectivity index (χ0v) is 24.0. The third-order valence-corrected chi connectivity index (χ3v) is 7.64. The smallest absolute Gasteiger partial charge is 0.407 e. The summed E-state index contributed by atoms with van der Waals surface area (Å²) < 4.78 is 69.1. The Balaban J connectivity index is 1.53. The first-order valence-electron chi connectivity index (χ1n) is 13.1. The number of benzene rings is 2. The number of nitrogens with zero attached hydrogens (tertiary/aromatic N) is 4. The Labute approximate surface area is 241 Å². The fraction of sp³-hybridized carbons (Fsp3) is 0.407. The average molecular weight is 605 g/mol. The van der Waals surface area contributed by atoms with E-state index in [9.17, 15) is 32.0 Å². The van der Waals surface area contributed by atoms with Gasteiger partial charge in [0.25, 0.3) is 5.56 Å². The molecule has 2 aromatic carbocycles. The van der Waals surface area contributed by atoms with Gasteiger partial charge in [-0.25, -0.2) is 18.6 Å². The van der Waals surface area contributed by atoms with Gasteiger partial charge >= 0.3 is 16.3 Å². The largest absolute Gasteiger partial charge is 0.453 e. The molecule has 1 fully saturated rings. The number of fused-ring (bicyclic) bond motifs is 1. The zero-order valence-electron chi connectivity index (χ0n) is 23.2. The number of amides is 1. The number of nitriles is 1. The quantitative estimate of drug-likeness (QED) is 0.349. The van der Waals surface area contributed by atoms with Crippen molar-refractivity contribution in [1.29, 1.82) is 5.26 Å². The number of rotatable bonds is 9. The van der Waals surface area contributed by atoms with Crippen LogP contribution in [0.5, 0.6) is 11.5 Å². The summed E-state index contributed by atoms with van der Waals surface area (Å²) in [6.45, 7) is 5.37. The number of alkyl halides is 1. The van der Waals surface area contributed by atoms with Crippen molar-refractivity contribution in [3.8, 4) is 17.6 Å². The number of hydrogen-bond donors (Lipinski definition) is 2. The first kappa shape index (κ1) is 30.7. The molecule has 3 aromatic rings. The minimum absolute atomic E-state index is 0.000892. The van der Waals surface area contributed by atoms with E-state index in [2.05, 4.69) is 15.0 Å². The SMILES string of the molecule is CC(C)(C)OC(=O)NCCCn1cnc2ccc(Oc3c(F)ccc(NS(=O)(=O)N4CC[C@@H](F)C4)c3C#N)cc2c1=O. The molecule has 1 saturated heterocycles. The lowest BCUT2D eigenvalue weighted by Crippen LogP contribution is -2.34. The molecular weight excluding hydrogens is 574 g/mol. The molecule has 0 saturated carbocycles. The predicted octanol–water partition coefficient (Wildman–Crippen LogP) is 3.81. The van der Waals surface area contributed by atoms with Gasteiger partial charge in [-0.1, -0.05) is 0 Å². The lowest BCUT2D eigenvalue weighted by molar-refractivity contribution is 0.0526. The fourth-order valence-electron chi connectivity index (χ4n) is 4.20. The summed E-state index contributed by atoms with van der Waals surface area (Å²) in [6.07, 6.45) is -0.0484. The van der Waals surface area contributed by atoms with Crippen LogP contribution in [0.25, 0.3) is 10.9 Å². The van der Waals surface area contributed by atoms with Crippen LogP contribution >= 0.6 is 0 Å². The first-order chi connectivity index (χ1) is 19.8. The molecule has 4 rings (SSSR count). The summed E-state index contributed by atoms with van der Waals surface area (Å²) in [5.41, 5.74) is -1.39. The number of carbonyl (C=O) groups is 1. The summed E-state index contributed by atoms with van der Waals surface area (Å²) in [6, 6.07) is 7.99. The summed E-state index contributed by atoms with van der Waals surface area (Å²) in [4.78, 5) is 29.2. The average Bonchev–Trinajstić information content (AvgIpc) is 3.36. The highest BCUT2D eigenvalue weighted by molar-refractivity contribution is 7.90. The molecular formula is C27H30F2N6O6S. The third-order valence-electron chi connectivity index (χ3n) is 6.15. The van der Waals surface area contributed by atoms with Crippen molar-refractivity contribution < 1.29 is 31.5 Å². The molecule has 0 bridgehead atoms.